The first-order chi connectivity index (χ1) is 8.18. The van der Waals surface area contributed by atoms with Gasteiger partial charge < -0.3 is 14.7 Å². The normalized spacial score (nSPS) is 14.5. The van der Waals surface area contributed by atoms with Crippen LogP contribution in [-0.2, 0) is 9.59 Å². The first kappa shape index (κ1) is 11.4. The van der Waals surface area contributed by atoms with Gasteiger partial charge in [-0.1, -0.05) is 12.1 Å². The minimum absolute atomic E-state index is 0.407. The molecule has 90 valence electrons. The minimum atomic E-state index is -1.11. The van der Waals surface area contributed by atoms with Crippen LogP contribution in [0.2, 0.25) is 0 Å². The molecule has 5 heteroatoms. The van der Waals surface area contributed by atoms with Crippen LogP contribution in [0, 0.1) is 0 Å². The van der Waals surface area contributed by atoms with Crippen LogP contribution in [0.1, 0.15) is 12.8 Å². The number of anilines is 1. The molecule has 0 bridgehead atoms. The molecule has 1 aromatic rings. The molecular weight excluding hydrogens is 222 g/mol. The van der Waals surface area contributed by atoms with Gasteiger partial charge in [-0.2, -0.15) is 0 Å². The van der Waals surface area contributed by atoms with E-state index in [0.29, 0.717) is 31.0 Å². The van der Waals surface area contributed by atoms with E-state index in [0.717, 1.165) is 0 Å². The Kier molecular flexibility index (Phi) is 3.27. The number of nitrogens with zero attached hydrogens (tertiary/aromatic N) is 1. The van der Waals surface area contributed by atoms with Crippen molar-refractivity contribution in [1.82, 2.24) is 0 Å². The lowest BCUT2D eigenvalue weighted by Gasteiger charge is -2.20. The van der Waals surface area contributed by atoms with E-state index in [1.165, 1.54) is 4.90 Å². The molecule has 0 unspecified atom stereocenters. The van der Waals surface area contributed by atoms with Gasteiger partial charge in [-0.15, -0.1) is 0 Å². The summed E-state index contributed by atoms with van der Waals surface area (Å²) in [5.74, 6) is -0.892. The molecule has 1 aliphatic rings. The zero-order chi connectivity index (χ0) is 12.3. The quantitative estimate of drug-likeness (QED) is 0.784. The minimum Gasteiger partial charge on any atom is -0.491 e. The Morgan fingerprint density at radius 1 is 1.35 bits per heavy atom. The van der Waals surface area contributed by atoms with Crippen molar-refractivity contribution >= 4 is 17.6 Å². The van der Waals surface area contributed by atoms with Crippen LogP contribution >= 0.6 is 0 Å². The molecule has 0 atom stereocenters. The third kappa shape index (κ3) is 2.55. The van der Waals surface area contributed by atoms with E-state index >= 15 is 0 Å². The molecule has 0 radical (unpaired) electrons. The van der Waals surface area contributed by atoms with Gasteiger partial charge in [0.15, 0.2) is 0 Å². The number of benzene rings is 1. The van der Waals surface area contributed by atoms with Gasteiger partial charge in [0.05, 0.1) is 12.3 Å². The third-order valence-corrected chi connectivity index (χ3v) is 2.54. The number of amides is 1. The number of hydrogen-bond acceptors (Lipinski definition) is 3. The molecule has 1 heterocycles. The van der Waals surface area contributed by atoms with Gasteiger partial charge in [0.25, 0.3) is 0 Å². The zero-order valence-electron chi connectivity index (χ0n) is 9.26. The summed E-state index contributed by atoms with van der Waals surface area (Å²) in [4.78, 5) is 23.9. The van der Waals surface area contributed by atoms with Crippen LogP contribution < -0.4 is 9.64 Å². The SMILES string of the molecule is O=C(O)CC(=O)N1CCCOc2ccccc21. The Labute approximate surface area is 98.6 Å². The van der Waals surface area contributed by atoms with Crippen molar-refractivity contribution < 1.29 is 19.4 Å². The van der Waals surface area contributed by atoms with Crippen LogP contribution in [0.25, 0.3) is 0 Å². The highest BCUT2D eigenvalue weighted by atomic mass is 16.5. The standard InChI is InChI=1S/C12H13NO4/c14-11(8-12(15)16)13-6-3-7-17-10-5-2-1-4-9(10)13/h1-2,4-5H,3,6-8H2,(H,15,16). The average Bonchev–Trinajstić information content (AvgIpc) is 2.50. The van der Waals surface area contributed by atoms with Gasteiger partial charge in [0, 0.05) is 6.54 Å². The van der Waals surface area contributed by atoms with Crippen molar-refractivity contribution in [2.45, 2.75) is 12.8 Å². The maximum atomic E-state index is 11.8. The number of carboxylic acid groups (broad SMARTS) is 1. The van der Waals surface area contributed by atoms with Crippen LogP contribution in [0.3, 0.4) is 0 Å². The van der Waals surface area contributed by atoms with Gasteiger partial charge >= 0.3 is 5.97 Å². The van der Waals surface area contributed by atoms with Crippen molar-refractivity contribution in [3.8, 4) is 5.75 Å². The lowest BCUT2D eigenvalue weighted by molar-refractivity contribution is -0.140. The molecule has 1 N–H and O–H groups in total. The van der Waals surface area contributed by atoms with Crippen molar-refractivity contribution in [1.29, 1.82) is 0 Å². The highest BCUT2D eigenvalue weighted by Crippen LogP contribution is 2.30. The summed E-state index contributed by atoms with van der Waals surface area (Å²) in [6.07, 6.45) is 0.203. The number of aliphatic carboxylic acids is 1. The Morgan fingerprint density at radius 3 is 2.88 bits per heavy atom. The fourth-order valence-electron chi connectivity index (χ4n) is 1.81. The number of rotatable bonds is 2. The Bertz CT molecular complexity index is 444. The predicted octanol–water partition coefficient (Wildman–Crippen LogP) is 1.28. The topological polar surface area (TPSA) is 66.8 Å². The molecule has 2 rings (SSSR count). The second kappa shape index (κ2) is 4.86. The van der Waals surface area contributed by atoms with Gasteiger partial charge in [-0.05, 0) is 18.6 Å². The van der Waals surface area contributed by atoms with Gasteiger partial charge in [0.2, 0.25) is 5.91 Å². The molecule has 5 nitrogen and oxygen atoms in total. The zero-order valence-corrected chi connectivity index (χ0v) is 9.26. The summed E-state index contributed by atoms with van der Waals surface area (Å²) >= 11 is 0. The van der Waals surface area contributed by atoms with Crippen LogP contribution in [0.5, 0.6) is 5.75 Å². The van der Waals surface area contributed by atoms with Crippen molar-refractivity contribution in [3.63, 3.8) is 0 Å². The van der Waals surface area contributed by atoms with E-state index in [9.17, 15) is 9.59 Å². The molecule has 1 aromatic carbocycles. The molecule has 0 aliphatic carbocycles. The third-order valence-electron chi connectivity index (χ3n) is 2.54. The number of carbonyl (C=O) groups is 2. The number of fused-ring (bicyclic) bond motifs is 1. The molecule has 0 saturated carbocycles. The number of carboxylic acids is 1. The van der Waals surface area contributed by atoms with Crippen LogP contribution in [-0.4, -0.2) is 30.1 Å². The summed E-state index contributed by atoms with van der Waals surface area (Å²) in [5, 5.41) is 8.65. The van der Waals surface area contributed by atoms with Crippen LogP contribution in [0.15, 0.2) is 24.3 Å². The van der Waals surface area contributed by atoms with Crippen LogP contribution in [0.4, 0.5) is 5.69 Å². The number of ether oxygens (including phenoxy) is 1. The molecule has 0 saturated heterocycles. The number of hydrogen-bond donors (Lipinski definition) is 1. The molecule has 1 amide bonds. The second-order valence-corrected chi connectivity index (χ2v) is 3.79. The lowest BCUT2D eigenvalue weighted by atomic mass is 10.2. The predicted molar refractivity (Wildman–Crippen MR) is 61.2 cm³/mol. The number of para-hydroxylation sites is 2. The molecule has 0 aromatic heterocycles. The van der Waals surface area contributed by atoms with E-state index in [4.69, 9.17) is 9.84 Å². The largest absolute Gasteiger partial charge is 0.491 e. The Balaban J connectivity index is 2.28. The van der Waals surface area contributed by atoms with Crippen molar-refractivity contribution in [2.24, 2.45) is 0 Å². The summed E-state index contributed by atoms with van der Waals surface area (Å²) < 4.78 is 5.49. The smallest absolute Gasteiger partial charge is 0.312 e. The highest BCUT2D eigenvalue weighted by molar-refractivity contribution is 6.03. The van der Waals surface area contributed by atoms with Crippen molar-refractivity contribution in [3.05, 3.63) is 24.3 Å². The molecule has 1 aliphatic heterocycles. The van der Waals surface area contributed by atoms with E-state index in [1.807, 2.05) is 6.07 Å². The fraction of sp³-hybridized carbons (Fsp3) is 0.333. The lowest BCUT2D eigenvalue weighted by Crippen LogP contribution is -2.32. The monoisotopic (exact) mass is 235 g/mol. The van der Waals surface area contributed by atoms with E-state index in [2.05, 4.69) is 0 Å². The summed E-state index contributed by atoms with van der Waals surface area (Å²) in [5.41, 5.74) is 0.649. The summed E-state index contributed by atoms with van der Waals surface area (Å²) in [6, 6.07) is 7.17. The maximum absolute atomic E-state index is 11.8. The molecular formula is C12H13NO4. The summed E-state index contributed by atoms with van der Waals surface area (Å²) in [6.45, 7) is 1.02. The van der Waals surface area contributed by atoms with E-state index in [-0.39, 0.29) is 0 Å². The first-order valence-corrected chi connectivity index (χ1v) is 5.42. The van der Waals surface area contributed by atoms with Gasteiger partial charge in [-0.25, -0.2) is 0 Å². The van der Waals surface area contributed by atoms with E-state index in [1.54, 1.807) is 18.2 Å². The highest BCUT2D eigenvalue weighted by Gasteiger charge is 2.23. The fourth-order valence-corrected chi connectivity index (χ4v) is 1.81. The first-order valence-electron chi connectivity index (χ1n) is 5.42. The van der Waals surface area contributed by atoms with Gasteiger partial charge in [0.1, 0.15) is 12.2 Å². The second-order valence-electron chi connectivity index (χ2n) is 3.79. The van der Waals surface area contributed by atoms with Crippen molar-refractivity contribution in [2.75, 3.05) is 18.1 Å². The average molecular weight is 235 g/mol. The van der Waals surface area contributed by atoms with E-state index < -0.39 is 18.3 Å². The maximum Gasteiger partial charge on any atom is 0.312 e. The Hall–Kier alpha value is -2.04. The molecule has 0 fully saturated rings. The molecule has 0 spiro atoms. The Morgan fingerprint density at radius 2 is 2.12 bits per heavy atom. The summed E-state index contributed by atoms with van der Waals surface area (Å²) in [7, 11) is 0. The number of carbonyl (C=O) groups excluding carboxylic acids is 1. The van der Waals surface area contributed by atoms with Gasteiger partial charge in [-0.3, -0.25) is 9.59 Å². The molecule has 17 heavy (non-hydrogen) atoms.